The average molecular weight is 366 g/mol. The van der Waals surface area contributed by atoms with Gasteiger partial charge in [0.25, 0.3) is 0 Å². The van der Waals surface area contributed by atoms with E-state index in [0.717, 1.165) is 0 Å². The second kappa shape index (κ2) is 7.45. The molecule has 2 aromatic heterocycles. The minimum Gasteiger partial charge on any atom is -0.467 e. The number of rotatable bonds is 6. The molecule has 7 nitrogen and oxygen atoms in total. The first-order valence-corrected chi connectivity index (χ1v) is 10.1. The van der Waals surface area contributed by atoms with Crippen LogP contribution in [0.2, 0.25) is 0 Å². The van der Waals surface area contributed by atoms with Crippen molar-refractivity contribution in [3.63, 3.8) is 0 Å². The molecule has 1 aliphatic rings. The summed E-state index contributed by atoms with van der Waals surface area (Å²) < 4.78 is 35.7. The molecule has 1 unspecified atom stereocenters. The Labute approximate surface area is 147 Å². The Morgan fingerprint density at radius 3 is 2.28 bits per heavy atom. The Kier molecular flexibility index (Phi) is 5.29. The van der Waals surface area contributed by atoms with Crippen molar-refractivity contribution in [2.24, 2.45) is 5.92 Å². The van der Waals surface area contributed by atoms with Crippen molar-refractivity contribution >= 4 is 15.9 Å². The predicted octanol–water partition coefficient (Wildman–Crippen LogP) is 2.07. The standard InChI is InChI=1S/C17H22N2O5S/c1-25(21,22)19-8-2-5-14(11-19)17(20)18(12-15-6-3-9-23-15)13-16-7-4-10-24-16/h3-4,6-7,9-10,14H,2,5,8,11-13H2,1H3. The molecule has 0 radical (unpaired) electrons. The van der Waals surface area contributed by atoms with E-state index < -0.39 is 10.0 Å². The fourth-order valence-corrected chi connectivity index (χ4v) is 4.01. The average Bonchev–Trinajstić information content (AvgIpc) is 3.27. The first kappa shape index (κ1) is 17.8. The molecule has 1 atom stereocenters. The van der Waals surface area contributed by atoms with E-state index in [1.165, 1.54) is 10.6 Å². The van der Waals surface area contributed by atoms with Crippen molar-refractivity contribution in [1.29, 1.82) is 0 Å². The number of hydrogen-bond donors (Lipinski definition) is 0. The quantitative estimate of drug-likeness (QED) is 0.781. The normalized spacial score (nSPS) is 19.0. The van der Waals surface area contributed by atoms with Crippen molar-refractivity contribution in [2.45, 2.75) is 25.9 Å². The van der Waals surface area contributed by atoms with E-state index in [4.69, 9.17) is 8.83 Å². The topological polar surface area (TPSA) is 84.0 Å². The summed E-state index contributed by atoms with van der Waals surface area (Å²) in [6, 6.07) is 7.17. The van der Waals surface area contributed by atoms with E-state index in [1.807, 2.05) is 12.1 Å². The molecule has 3 rings (SSSR count). The van der Waals surface area contributed by atoms with Crippen molar-refractivity contribution in [2.75, 3.05) is 19.3 Å². The van der Waals surface area contributed by atoms with Gasteiger partial charge in [-0.15, -0.1) is 0 Å². The van der Waals surface area contributed by atoms with Gasteiger partial charge in [-0.1, -0.05) is 0 Å². The summed E-state index contributed by atoms with van der Waals surface area (Å²) in [4.78, 5) is 14.7. The molecule has 0 aliphatic carbocycles. The molecule has 3 heterocycles. The Bertz CT molecular complexity index is 747. The Morgan fingerprint density at radius 2 is 1.80 bits per heavy atom. The fraction of sp³-hybridized carbons (Fsp3) is 0.471. The molecular weight excluding hydrogens is 344 g/mol. The van der Waals surface area contributed by atoms with E-state index in [1.54, 1.807) is 29.6 Å². The van der Waals surface area contributed by atoms with Gasteiger partial charge >= 0.3 is 0 Å². The lowest BCUT2D eigenvalue weighted by atomic mass is 9.98. The van der Waals surface area contributed by atoms with Crippen LogP contribution in [0.25, 0.3) is 0 Å². The molecule has 0 spiro atoms. The molecule has 1 aliphatic heterocycles. The van der Waals surface area contributed by atoms with Gasteiger partial charge in [0, 0.05) is 13.1 Å². The number of amides is 1. The van der Waals surface area contributed by atoms with Gasteiger partial charge in [-0.2, -0.15) is 0 Å². The van der Waals surface area contributed by atoms with Crippen LogP contribution in [0.1, 0.15) is 24.4 Å². The van der Waals surface area contributed by atoms with E-state index in [2.05, 4.69) is 0 Å². The van der Waals surface area contributed by atoms with Crippen molar-refractivity contribution < 1.29 is 22.0 Å². The maximum atomic E-state index is 13.0. The summed E-state index contributed by atoms with van der Waals surface area (Å²) in [7, 11) is -3.29. The summed E-state index contributed by atoms with van der Waals surface area (Å²) in [6.07, 6.45) is 5.67. The Morgan fingerprint density at radius 1 is 1.20 bits per heavy atom. The molecule has 1 saturated heterocycles. The summed E-state index contributed by atoms with van der Waals surface area (Å²) in [5.74, 6) is 0.918. The minimum absolute atomic E-state index is 0.0823. The second-order valence-corrected chi connectivity index (χ2v) is 8.30. The number of nitrogens with zero attached hydrogens (tertiary/aromatic N) is 2. The number of carbonyl (C=O) groups is 1. The third kappa shape index (κ3) is 4.52. The largest absolute Gasteiger partial charge is 0.467 e. The van der Waals surface area contributed by atoms with Gasteiger partial charge in [0.1, 0.15) is 11.5 Å². The molecule has 25 heavy (non-hydrogen) atoms. The lowest BCUT2D eigenvalue weighted by molar-refractivity contribution is -0.138. The highest BCUT2D eigenvalue weighted by Gasteiger charge is 2.33. The van der Waals surface area contributed by atoms with Crippen LogP contribution in [0.3, 0.4) is 0 Å². The zero-order chi connectivity index (χ0) is 17.9. The van der Waals surface area contributed by atoms with E-state index >= 15 is 0 Å². The third-order valence-electron chi connectivity index (χ3n) is 4.37. The monoisotopic (exact) mass is 366 g/mol. The first-order valence-electron chi connectivity index (χ1n) is 8.22. The number of carbonyl (C=O) groups excluding carboxylic acids is 1. The van der Waals surface area contributed by atoms with Gasteiger partial charge in [-0.05, 0) is 37.1 Å². The molecule has 1 amide bonds. The van der Waals surface area contributed by atoms with Gasteiger partial charge in [-0.25, -0.2) is 12.7 Å². The number of furan rings is 2. The lowest BCUT2D eigenvalue weighted by Gasteiger charge is -2.33. The van der Waals surface area contributed by atoms with E-state index in [9.17, 15) is 13.2 Å². The van der Waals surface area contributed by atoms with Crippen LogP contribution < -0.4 is 0 Å². The predicted molar refractivity (Wildman–Crippen MR) is 90.8 cm³/mol. The highest BCUT2D eigenvalue weighted by atomic mass is 32.2. The Hall–Kier alpha value is -2.06. The van der Waals surface area contributed by atoms with Crippen LogP contribution in [-0.4, -0.2) is 42.9 Å². The lowest BCUT2D eigenvalue weighted by Crippen LogP contribution is -2.46. The van der Waals surface area contributed by atoms with Crippen LogP contribution in [0.4, 0.5) is 0 Å². The summed E-state index contributed by atoms with van der Waals surface area (Å²) in [6.45, 7) is 1.34. The molecule has 0 aromatic carbocycles. The highest BCUT2D eigenvalue weighted by Crippen LogP contribution is 2.23. The summed E-state index contributed by atoms with van der Waals surface area (Å²) in [5.41, 5.74) is 0. The summed E-state index contributed by atoms with van der Waals surface area (Å²) >= 11 is 0. The molecule has 2 aromatic rings. The minimum atomic E-state index is -3.29. The van der Waals surface area contributed by atoms with Crippen molar-refractivity contribution in [3.8, 4) is 0 Å². The van der Waals surface area contributed by atoms with E-state index in [0.29, 0.717) is 44.0 Å². The van der Waals surface area contributed by atoms with Gasteiger partial charge in [0.15, 0.2) is 0 Å². The first-order chi connectivity index (χ1) is 11.9. The molecule has 8 heteroatoms. The molecular formula is C17H22N2O5S. The number of sulfonamides is 1. The number of hydrogen-bond acceptors (Lipinski definition) is 5. The Balaban J connectivity index is 1.75. The zero-order valence-electron chi connectivity index (χ0n) is 14.1. The molecule has 0 bridgehead atoms. The van der Waals surface area contributed by atoms with Crippen LogP contribution in [0.5, 0.6) is 0 Å². The third-order valence-corrected chi connectivity index (χ3v) is 5.64. The second-order valence-electron chi connectivity index (χ2n) is 6.31. The highest BCUT2D eigenvalue weighted by molar-refractivity contribution is 7.88. The molecule has 0 saturated carbocycles. The van der Waals surface area contributed by atoms with Gasteiger partial charge in [0.05, 0.1) is 37.8 Å². The fourth-order valence-electron chi connectivity index (χ4n) is 3.10. The van der Waals surface area contributed by atoms with Crippen molar-refractivity contribution in [3.05, 3.63) is 48.3 Å². The van der Waals surface area contributed by atoms with Crippen molar-refractivity contribution in [1.82, 2.24) is 9.21 Å². The smallest absolute Gasteiger partial charge is 0.227 e. The van der Waals surface area contributed by atoms with Gasteiger partial charge in [0.2, 0.25) is 15.9 Å². The molecule has 0 N–H and O–H groups in total. The van der Waals surface area contributed by atoms with Gasteiger partial charge in [-0.3, -0.25) is 4.79 Å². The van der Waals surface area contributed by atoms with Crippen LogP contribution in [0, 0.1) is 5.92 Å². The summed E-state index contributed by atoms with van der Waals surface area (Å²) in [5, 5.41) is 0. The maximum absolute atomic E-state index is 13.0. The SMILES string of the molecule is CS(=O)(=O)N1CCCC(C(=O)N(Cc2ccco2)Cc2ccco2)C1. The van der Waals surface area contributed by atoms with Crippen LogP contribution in [-0.2, 0) is 27.9 Å². The van der Waals surface area contributed by atoms with Crippen LogP contribution in [0.15, 0.2) is 45.6 Å². The zero-order valence-corrected chi connectivity index (χ0v) is 14.9. The van der Waals surface area contributed by atoms with Gasteiger partial charge < -0.3 is 13.7 Å². The molecule has 1 fully saturated rings. The number of piperidine rings is 1. The maximum Gasteiger partial charge on any atom is 0.227 e. The van der Waals surface area contributed by atoms with Crippen LogP contribution >= 0.6 is 0 Å². The van der Waals surface area contributed by atoms with E-state index in [-0.39, 0.29) is 18.4 Å². The molecule has 136 valence electrons.